The Balaban J connectivity index is 2.18. The van der Waals surface area contributed by atoms with Crippen LogP contribution in [0.4, 0.5) is 5.82 Å². The normalized spacial score (nSPS) is 11.7. The lowest BCUT2D eigenvalue weighted by Gasteiger charge is -2.06. The number of aromatic nitrogens is 2. The van der Waals surface area contributed by atoms with Crippen molar-refractivity contribution in [1.82, 2.24) is 9.97 Å². The zero-order valence-corrected chi connectivity index (χ0v) is 11.5. The molecule has 2 N–H and O–H groups in total. The first-order chi connectivity index (χ1) is 9.79. The molecule has 0 radical (unpaired) electrons. The molecule has 0 aliphatic heterocycles. The third-order valence-corrected chi connectivity index (χ3v) is 3.37. The molecule has 2 aromatic heterocycles. The fourth-order valence-electron chi connectivity index (χ4n) is 2.37. The van der Waals surface area contributed by atoms with Crippen LogP contribution in [-0.4, -0.2) is 9.97 Å². The standard InChI is InChI=1S/C17H17N3/c1-2-3-4-6-12-8-9-13-14-7-5-10-19-16(14)17(18)20-15(13)11-12/h4-11H,2-3H2,1H3,(H2,18,20). The van der Waals surface area contributed by atoms with Crippen LogP contribution in [0.25, 0.3) is 27.9 Å². The second-order valence-electron chi connectivity index (χ2n) is 4.86. The van der Waals surface area contributed by atoms with Crippen molar-refractivity contribution in [2.75, 3.05) is 5.73 Å². The summed E-state index contributed by atoms with van der Waals surface area (Å²) < 4.78 is 0. The van der Waals surface area contributed by atoms with Crippen LogP contribution < -0.4 is 5.73 Å². The average Bonchev–Trinajstić information content (AvgIpc) is 2.48. The van der Waals surface area contributed by atoms with Crippen molar-refractivity contribution < 1.29 is 0 Å². The van der Waals surface area contributed by atoms with Crippen molar-refractivity contribution in [2.24, 2.45) is 0 Å². The molecule has 0 aliphatic carbocycles. The number of nitrogen functional groups attached to an aromatic ring is 1. The molecule has 100 valence electrons. The highest BCUT2D eigenvalue weighted by molar-refractivity contribution is 6.08. The zero-order chi connectivity index (χ0) is 13.9. The summed E-state index contributed by atoms with van der Waals surface area (Å²) in [6.45, 7) is 2.17. The van der Waals surface area contributed by atoms with Crippen molar-refractivity contribution in [3.63, 3.8) is 0 Å². The number of nitrogens with zero attached hydrogens (tertiary/aromatic N) is 2. The summed E-state index contributed by atoms with van der Waals surface area (Å²) in [7, 11) is 0. The Morgan fingerprint density at radius 2 is 2.10 bits per heavy atom. The van der Waals surface area contributed by atoms with Crippen LogP contribution >= 0.6 is 0 Å². The Hall–Kier alpha value is -2.42. The first-order valence-corrected chi connectivity index (χ1v) is 6.90. The molecule has 0 amide bonds. The molecular formula is C17H17N3. The fourth-order valence-corrected chi connectivity index (χ4v) is 2.37. The lowest BCUT2D eigenvalue weighted by Crippen LogP contribution is -1.95. The van der Waals surface area contributed by atoms with E-state index in [0.29, 0.717) is 5.82 Å². The maximum atomic E-state index is 6.00. The molecule has 0 bridgehead atoms. The molecule has 0 unspecified atom stereocenters. The summed E-state index contributed by atoms with van der Waals surface area (Å²) in [5.41, 5.74) is 8.85. The Kier molecular flexibility index (Phi) is 3.33. The highest BCUT2D eigenvalue weighted by Crippen LogP contribution is 2.27. The maximum absolute atomic E-state index is 6.00. The van der Waals surface area contributed by atoms with Gasteiger partial charge < -0.3 is 5.73 Å². The van der Waals surface area contributed by atoms with E-state index in [2.05, 4.69) is 47.2 Å². The first-order valence-electron chi connectivity index (χ1n) is 6.90. The second-order valence-corrected chi connectivity index (χ2v) is 4.86. The summed E-state index contributed by atoms with van der Waals surface area (Å²) in [6, 6.07) is 10.2. The van der Waals surface area contributed by atoms with Crippen molar-refractivity contribution in [3.8, 4) is 0 Å². The van der Waals surface area contributed by atoms with Gasteiger partial charge in [0.1, 0.15) is 5.52 Å². The number of anilines is 1. The van der Waals surface area contributed by atoms with Crippen molar-refractivity contribution in [3.05, 3.63) is 48.2 Å². The molecule has 0 saturated carbocycles. The monoisotopic (exact) mass is 263 g/mol. The van der Waals surface area contributed by atoms with E-state index in [9.17, 15) is 0 Å². The number of hydrogen-bond donors (Lipinski definition) is 1. The lowest BCUT2D eigenvalue weighted by molar-refractivity contribution is 0.962. The van der Waals surface area contributed by atoms with Gasteiger partial charge in [0.25, 0.3) is 0 Å². The van der Waals surface area contributed by atoms with Gasteiger partial charge in [-0.05, 0) is 24.1 Å². The quantitative estimate of drug-likeness (QED) is 0.721. The molecule has 3 heteroatoms. The Bertz CT molecular complexity index is 791. The number of unbranched alkanes of at least 4 members (excludes halogenated alkanes) is 1. The van der Waals surface area contributed by atoms with Gasteiger partial charge in [-0.2, -0.15) is 0 Å². The maximum Gasteiger partial charge on any atom is 0.150 e. The van der Waals surface area contributed by atoms with Crippen LogP contribution in [0.2, 0.25) is 0 Å². The van der Waals surface area contributed by atoms with Crippen molar-refractivity contribution >= 4 is 33.7 Å². The van der Waals surface area contributed by atoms with Crippen LogP contribution in [0.1, 0.15) is 25.3 Å². The number of allylic oxidation sites excluding steroid dienone is 1. The zero-order valence-electron chi connectivity index (χ0n) is 11.5. The van der Waals surface area contributed by atoms with E-state index in [1.54, 1.807) is 6.20 Å². The third kappa shape index (κ3) is 2.23. The summed E-state index contributed by atoms with van der Waals surface area (Å²) in [4.78, 5) is 8.79. The van der Waals surface area contributed by atoms with Gasteiger partial charge in [-0.15, -0.1) is 0 Å². The third-order valence-electron chi connectivity index (χ3n) is 3.37. The molecule has 0 atom stereocenters. The highest BCUT2D eigenvalue weighted by Gasteiger charge is 2.06. The van der Waals surface area contributed by atoms with E-state index in [-0.39, 0.29) is 0 Å². The average molecular weight is 263 g/mol. The van der Waals surface area contributed by atoms with Gasteiger partial charge in [-0.3, -0.25) is 4.98 Å². The van der Waals surface area contributed by atoms with Gasteiger partial charge in [0.2, 0.25) is 0 Å². The number of hydrogen-bond acceptors (Lipinski definition) is 3. The number of rotatable bonds is 3. The summed E-state index contributed by atoms with van der Waals surface area (Å²) >= 11 is 0. The van der Waals surface area contributed by atoms with E-state index in [1.807, 2.05) is 12.1 Å². The molecule has 0 fully saturated rings. The van der Waals surface area contributed by atoms with E-state index >= 15 is 0 Å². The molecule has 0 saturated heterocycles. The largest absolute Gasteiger partial charge is 0.382 e. The summed E-state index contributed by atoms with van der Waals surface area (Å²) in [5, 5.41) is 2.15. The van der Waals surface area contributed by atoms with Crippen LogP contribution in [0.15, 0.2) is 42.6 Å². The molecular weight excluding hydrogens is 246 g/mol. The molecule has 3 aromatic rings. The SMILES string of the molecule is CCCC=Cc1ccc2c(c1)nc(N)c1ncccc12. The van der Waals surface area contributed by atoms with Gasteiger partial charge in [0.05, 0.1) is 5.52 Å². The summed E-state index contributed by atoms with van der Waals surface area (Å²) in [6.07, 6.45) is 8.32. The Morgan fingerprint density at radius 3 is 2.95 bits per heavy atom. The minimum absolute atomic E-state index is 0.489. The smallest absolute Gasteiger partial charge is 0.150 e. The van der Waals surface area contributed by atoms with Crippen molar-refractivity contribution in [1.29, 1.82) is 0 Å². The Morgan fingerprint density at radius 1 is 1.20 bits per heavy atom. The van der Waals surface area contributed by atoms with Crippen LogP contribution in [-0.2, 0) is 0 Å². The van der Waals surface area contributed by atoms with Gasteiger partial charge in [-0.1, -0.05) is 43.7 Å². The first kappa shape index (κ1) is 12.6. The van der Waals surface area contributed by atoms with E-state index < -0.39 is 0 Å². The lowest BCUT2D eigenvalue weighted by atomic mass is 10.1. The molecule has 3 rings (SSSR count). The van der Waals surface area contributed by atoms with Gasteiger partial charge >= 0.3 is 0 Å². The number of nitrogens with two attached hydrogens (primary N) is 1. The number of fused-ring (bicyclic) bond motifs is 3. The molecule has 3 nitrogen and oxygen atoms in total. The van der Waals surface area contributed by atoms with E-state index in [0.717, 1.165) is 40.2 Å². The molecule has 20 heavy (non-hydrogen) atoms. The molecule has 0 aliphatic rings. The van der Waals surface area contributed by atoms with Gasteiger partial charge in [0, 0.05) is 17.0 Å². The predicted molar refractivity (Wildman–Crippen MR) is 85.4 cm³/mol. The van der Waals surface area contributed by atoms with Gasteiger partial charge in [-0.25, -0.2) is 4.98 Å². The van der Waals surface area contributed by atoms with Crippen LogP contribution in [0.3, 0.4) is 0 Å². The molecule has 2 heterocycles. The topological polar surface area (TPSA) is 51.8 Å². The second kappa shape index (κ2) is 5.29. The predicted octanol–water partition coefficient (Wildman–Crippen LogP) is 4.18. The fraction of sp³-hybridized carbons (Fsp3) is 0.176. The highest BCUT2D eigenvalue weighted by atomic mass is 14.9. The van der Waals surface area contributed by atoms with Crippen molar-refractivity contribution in [2.45, 2.75) is 19.8 Å². The van der Waals surface area contributed by atoms with Gasteiger partial charge in [0.15, 0.2) is 5.82 Å². The van der Waals surface area contributed by atoms with Crippen LogP contribution in [0.5, 0.6) is 0 Å². The van der Waals surface area contributed by atoms with E-state index in [4.69, 9.17) is 5.73 Å². The minimum atomic E-state index is 0.489. The molecule has 1 aromatic carbocycles. The number of benzene rings is 1. The minimum Gasteiger partial charge on any atom is -0.382 e. The Labute approximate surface area is 118 Å². The van der Waals surface area contributed by atoms with Crippen LogP contribution in [0, 0.1) is 0 Å². The molecule has 0 spiro atoms. The van der Waals surface area contributed by atoms with E-state index in [1.165, 1.54) is 0 Å². The number of pyridine rings is 2. The summed E-state index contributed by atoms with van der Waals surface area (Å²) in [5.74, 6) is 0.489.